The molecular formula is C60H44N6O14. The highest BCUT2D eigenvalue weighted by atomic mass is 16.4. The van der Waals surface area contributed by atoms with Gasteiger partial charge in [0.15, 0.2) is 34.5 Å². The molecule has 12 aromatic rings. The summed E-state index contributed by atoms with van der Waals surface area (Å²) in [4.78, 5) is 48.0. The van der Waals surface area contributed by atoms with Crippen molar-refractivity contribution in [1.82, 2.24) is 29.9 Å². The van der Waals surface area contributed by atoms with Gasteiger partial charge in [-0.15, -0.1) is 0 Å². The standard InChI is InChI=1S/2C15H10O7.3C10H8N2/c2*16-7-4-10(19)12-11(5-7)22-15(14(21)13(12)20)6-1-2-8(17)9(18)3-6;3*1-5-11-6-2-9(1)10-3-7-12-8-4-10/h2*1-5,16-19,21H;3*1-8H. The van der Waals surface area contributed by atoms with E-state index in [0.29, 0.717) is 0 Å². The van der Waals surface area contributed by atoms with E-state index in [1.807, 2.05) is 72.8 Å². The largest absolute Gasteiger partial charge is 0.508 e. The third-order valence-corrected chi connectivity index (χ3v) is 11.4. The minimum absolute atomic E-state index is 0.134. The number of phenolic OH excluding ortho intramolecular Hbond substituents is 8. The molecule has 0 aliphatic heterocycles. The van der Waals surface area contributed by atoms with Crippen LogP contribution in [-0.4, -0.2) is 81.0 Å². The van der Waals surface area contributed by atoms with Crippen LogP contribution in [0.1, 0.15) is 0 Å². The summed E-state index contributed by atoms with van der Waals surface area (Å²) in [5, 5.41) is 95.3. The van der Waals surface area contributed by atoms with Crippen LogP contribution in [0.5, 0.6) is 57.5 Å². The number of phenols is 8. The Labute approximate surface area is 452 Å². The summed E-state index contributed by atoms with van der Waals surface area (Å²) in [7, 11) is 0. The maximum atomic E-state index is 12.1. The molecule has 0 atom stereocenters. The first kappa shape index (κ1) is 54.5. The highest BCUT2D eigenvalue weighted by molar-refractivity contribution is 5.89. The van der Waals surface area contributed by atoms with Gasteiger partial charge >= 0.3 is 0 Å². The van der Waals surface area contributed by atoms with Crippen LogP contribution in [0.25, 0.3) is 78.0 Å². The van der Waals surface area contributed by atoms with Crippen molar-refractivity contribution in [2.45, 2.75) is 0 Å². The van der Waals surface area contributed by atoms with Gasteiger partial charge in [0.2, 0.25) is 22.4 Å². The van der Waals surface area contributed by atoms with Gasteiger partial charge in [0, 0.05) is 110 Å². The molecule has 20 heteroatoms. The zero-order valence-corrected chi connectivity index (χ0v) is 41.4. The van der Waals surface area contributed by atoms with Crippen molar-refractivity contribution in [2.24, 2.45) is 0 Å². The van der Waals surface area contributed by atoms with Gasteiger partial charge in [0.1, 0.15) is 44.9 Å². The quantitative estimate of drug-likeness (QED) is 0.0716. The number of benzene rings is 4. The molecule has 0 saturated heterocycles. The molecule has 0 radical (unpaired) electrons. The highest BCUT2D eigenvalue weighted by Crippen LogP contribution is 2.39. The number of hydrogen-bond acceptors (Lipinski definition) is 20. The van der Waals surface area contributed by atoms with Crippen molar-refractivity contribution in [3.05, 3.63) is 228 Å². The minimum Gasteiger partial charge on any atom is -0.508 e. The van der Waals surface area contributed by atoms with E-state index in [0.717, 1.165) is 48.5 Å². The number of aromatic hydroxyl groups is 10. The maximum absolute atomic E-state index is 12.1. The molecule has 0 bridgehead atoms. The highest BCUT2D eigenvalue weighted by Gasteiger charge is 2.21. The maximum Gasteiger partial charge on any atom is 0.238 e. The van der Waals surface area contributed by atoms with Gasteiger partial charge in [-0.25, -0.2) is 0 Å². The first-order valence-electron chi connectivity index (χ1n) is 23.6. The molecule has 80 heavy (non-hydrogen) atoms. The van der Waals surface area contributed by atoms with Gasteiger partial charge < -0.3 is 59.9 Å². The van der Waals surface area contributed by atoms with E-state index in [2.05, 4.69) is 29.9 Å². The fourth-order valence-electron chi connectivity index (χ4n) is 7.54. The van der Waals surface area contributed by atoms with Gasteiger partial charge in [-0.1, -0.05) is 0 Å². The monoisotopic (exact) mass is 1070 g/mol. The number of rotatable bonds is 5. The number of nitrogens with zero attached hydrogens (tertiary/aromatic N) is 6. The second kappa shape index (κ2) is 25.2. The van der Waals surface area contributed by atoms with E-state index in [4.69, 9.17) is 8.83 Å². The Balaban J connectivity index is 0.000000135. The van der Waals surface area contributed by atoms with Crippen molar-refractivity contribution in [1.29, 1.82) is 0 Å². The molecule has 10 N–H and O–H groups in total. The van der Waals surface area contributed by atoms with Gasteiger partial charge in [-0.3, -0.25) is 39.5 Å². The van der Waals surface area contributed by atoms with Gasteiger partial charge in [-0.2, -0.15) is 0 Å². The Morgan fingerprint density at radius 3 is 0.750 bits per heavy atom. The lowest BCUT2D eigenvalue weighted by molar-refractivity contribution is 0.403. The normalized spacial score (nSPS) is 10.3. The third-order valence-electron chi connectivity index (χ3n) is 11.4. The molecule has 8 heterocycles. The zero-order valence-electron chi connectivity index (χ0n) is 41.4. The molecule has 12 rings (SSSR count). The van der Waals surface area contributed by atoms with Gasteiger partial charge in [0.25, 0.3) is 0 Å². The first-order chi connectivity index (χ1) is 38.7. The van der Waals surface area contributed by atoms with Crippen LogP contribution >= 0.6 is 0 Å². The summed E-state index contributed by atoms with van der Waals surface area (Å²) in [5.74, 6) is -5.43. The number of aromatic nitrogens is 6. The zero-order chi connectivity index (χ0) is 56.7. The van der Waals surface area contributed by atoms with Crippen LogP contribution in [0.2, 0.25) is 0 Å². The van der Waals surface area contributed by atoms with Gasteiger partial charge in [0.05, 0.1) is 0 Å². The number of fused-ring (bicyclic) bond motifs is 2. The van der Waals surface area contributed by atoms with E-state index in [-0.39, 0.29) is 67.6 Å². The first-order valence-corrected chi connectivity index (χ1v) is 23.6. The molecule has 8 aromatic heterocycles. The fraction of sp³-hybridized carbons (Fsp3) is 0. The molecule has 0 aliphatic rings. The molecular weight excluding hydrogens is 1030 g/mol. The summed E-state index contributed by atoms with van der Waals surface area (Å²) >= 11 is 0. The average Bonchev–Trinajstić information content (AvgIpc) is 3.50. The lowest BCUT2D eigenvalue weighted by Crippen LogP contribution is -2.02. The van der Waals surface area contributed by atoms with Crippen molar-refractivity contribution < 1.29 is 59.9 Å². The summed E-state index contributed by atoms with van der Waals surface area (Å²) in [6, 6.07) is 35.1. The predicted octanol–water partition coefficient (Wildman–Crippen LogP) is 10.4. The second-order valence-electron chi connectivity index (χ2n) is 16.7. The Bertz CT molecular complexity index is 3720. The Morgan fingerprint density at radius 2 is 0.512 bits per heavy atom. The van der Waals surface area contributed by atoms with Crippen LogP contribution in [0.3, 0.4) is 0 Å². The SMILES string of the molecule is O=c1c(O)c(-c2ccc(O)c(O)c2)oc2cc(O)cc(O)c12.O=c1c(O)c(-c2ccc(O)c(O)c2)oc2cc(O)cc(O)c12.c1cc(-c2ccncc2)ccn1.c1cc(-c2ccncc2)ccn1.c1cc(-c2ccncc2)ccn1. The van der Waals surface area contributed by atoms with Crippen LogP contribution in [0.4, 0.5) is 0 Å². The van der Waals surface area contributed by atoms with Gasteiger partial charge in [-0.05, 0) is 143 Å². The Kier molecular flexibility index (Phi) is 17.1. The predicted molar refractivity (Wildman–Crippen MR) is 295 cm³/mol. The van der Waals surface area contributed by atoms with E-state index < -0.39 is 45.4 Å². The van der Waals surface area contributed by atoms with E-state index in [1.165, 1.54) is 45.5 Å². The molecule has 0 fully saturated rings. The third kappa shape index (κ3) is 13.2. The second-order valence-corrected chi connectivity index (χ2v) is 16.7. The Hall–Kier alpha value is -11.8. The van der Waals surface area contributed by atoms with Crippen molar-refractivity contribution in [3.8, 4) is 114 Å². The van der Waals surface area contributed by atoms with Crippen LogP contribution < -0.4 is 10.9 Å². The smallest absolute Gasteiger partial charge is 0.238 e. The lowest BCUT2D eigenvalue weighted by Gasteiger charge is -2.08. The van der Waals surface area contributed by atoms with Crippen molar-refractivity contribution in [3.63, 3.8) is 0 Å². The van der Waals surface area contributed by atoms with Crippen LogP contribution in [0.15, 0.2) is 226 Å². The summed E-state index contributed by atoms with van der Waals surface area (Å²) in [6.45, 7) is 0. The van der Waals surface area contributed by atoms with Crippen LogP contribution in [0, 0.1) is 0 Å². The molecule has 0 aliphatic carbocycles. The molecule has 0 unspecified atom stereocenters. The fourth-order valence-corrected chi connectivity index (χ4v) is 7.54. The van der Waals surface area contributed by atoms with Crippen LogP contribution in [-0.2, 0) is 0 Å². The number of hydrogen-bond donors (Lipinski definition) is 10. The molecule has 0 amide bonds. The molecule has 0 saturated carbocycles. The summed E-state index contributed by atoms with van der Waals surface area (Å²) in [5.41, 5.74) is 5.26. The lowest BCUT2D eigenvalue weighted by atomic mass is 10.1. The molecule has 4 aromatic carbocycles. The minimum atomic E-state index is -0.888. The van der Waals surface area contributed by atoms with Crippen molar-refractivity contribution in [2.75, 3.05) is 0 Å². The molecule has 20 nitrogen and oxygen atoms in total. The molecule has 398 valence electrons. The van der Waals surface area contributed by atoms with Crippen molar-refractivity contribution >= 4 is 21.9 Å². The van der Waals surface area contributed by atoms with E-state index in [1.54, 1.807) is 74.4 Å². The topological polar surface area (TPSA) is 340 Å². The molecule has 0 spiro atoms. The average molecular weight is 1070 g/mol. The van der Waals surface area contributed by atoms with E-state index >= 15 is 0 Å². The van der Waals surface area contributed by atoms with E-state index in [9.17, 15) is 60.7 Å². The summed E-state index contributed by atoms with van der Waals surface area (Å²) < 4.78 is 10.7. The number of pyridine rings is 6. The Morgan fingerprint density at radius 1 is 0.263 bits per heavy atom. The summed E-state index contributed by atoms with van der Waals surface area (Å²) in [6.07, 6.45) is 21.4.